The van der Waals surface area contributed by atoms with Crippen molar-refractivity contribution in [2.75, 3.05) is 5.32 Å². The van der Waals surface area contributed by atoms with E-state index in [1.54, 1.807) is 25.1 Å². The van der Waals surface area contributed by atoms with Crippen LogP contribution in [0.25, 0.3) is 0 Å². The van der Waals surface area contributed by atoms with Crippen molar-refractivity contribution >= 4 is 23.2 Å². The first-order chi connectivity index (χ1) is 10.8. The maximum atomic E-state index is 13.5. The molecule has 2 rings (SSSR count). The Morgan fingerprint density at radius 1 is 1.17 bits per heavy atom. The minimum Gasteiger partial charge on any atom is -0.481 e. The number of anilines is 1. The van der Waals surface area contributed by atoms with Gasteiger partial charge < -0.3 is 10.1 Å². The standard InChI is InChI=1S/C16H13ClF3NO2/c1-8-7-10(17)3-6-13(8)23-9(2)16(22)21-12-5-4-11(18)14(19)15(12)20/h3-7,9H,1-2H3,(H,21,22). The summed E-state index contributed by atoms with van der Waals surface area (Å²) in [6, 6.07) is 6.52. The molecule has 1 atom stereocenters. The van der Waals surface area contributed by atoms with Gasteiger partial charge in [-0.15, -0.1) is 0 Å². The van der Waals surface area contributed by atoms with E-state index in [1.807, 2.05) is 0 Å². The fraction of sp³-hybridized carbons (Fsp3) is 0.188. The Balaban J connectivity index is 2.10. The Hall–Kier alpha value is -2.21. The van der Waals surface area contributed by atoms with Gasteiger partial charge in [0.05, 0.1) is 5.69 Å². The smallest absolute Gasteiger partial charge is 0.265 e. The van der Waals surface area contributed by atoms with Crippen LogP contribution in [0, 0.1) is 24.4 Å². The predicted molar refractivity (Wildman–Crippen MR) is 81.2 cm³/mol. The average Bonchev–Trinajstić information content (AvgIpc) is 2.50. The minimum atomic E-state index is -1.65. The van der Waals surface area contributed by atoms with Gasteiger partial charge in [0, 0.05) is 5.02 Å². The third-order valence-electron chi connectivity index (χ3n) is 3.10. The van der Waals surface area contributed by atoms with Gasteiger partial charge in [0.1, 0.15) is 5.75 Å². The topological polar surface area (TPSA) is 38.3 Å². The molecule has 0 fully saturated rings. The van der Waals surface area contributed by atoms with E-state index in [0.29, 0.717) is 10.8 Å². The Morgan fingerprint density at radius 2 is 1.87 bits per heavy atom. The number of nitrogens with one attached hydrogen (secondary N) is 1. The molecule has 0 saturated carbocycles. The van der Waals surface area contributed by atoms with E-state index in [-0.39, 0.29) is 0 Å². The van der Waals surface area contributed by atoms with Crippen molar-refractivity contribution < 1.29 is 22.7 Å². The number of rotatable bonds is 4. The van der Waals surface area contributed by atoms with E-state index >= 15 is 0 Å². The summed E-state index contributed by atoms with van der Waals surface area (Å²) < 4.78 is 45.0. The number of ether oxygens (including phenoxy) is 1. The lowest BCUT2D eigenvalue weighted by Crippen LogP contribution is -2.30. The van der Waals surface area contributed by atoms with Gasteiger partial charge in [-0.3, -0.25) is 4.79 Å². The van der Waals surface area contributed by atoms with Crippen LogP contribution in [-0.2, 0) is 4.79 Å². The first kappa shape index (κ1) is 17.1. The van der Waals surface area contributed by atoms with E-state index in [2.05, 4.69) is 5.32 Å². The molecule has 0 aliphatic heterocycles. The summed E-state index contributed by atoms with van der Waals surface area (Å²) in [4.78, 5) is 12.0. The molecule has 0 bridgehead atoms. The third-order valence-corrected chi connectivity index (χ3v) is 3.34. The molecule has 1 unspecified atom stereocenters. The largest absolute Gasteiger partial charge is 0.481 e. The summed E-state index contributed by atoms with van der Waals surface area (Å²) in [5, 5.41) is 2.68. The molecule has 1 amide bonds. The van der Waals surface area contributed by atoms with Crippen LogP contribution < -0.4 is 10.1 Å². The molecule has 0 radical (unpaired) electrons. The lowest BCUT2D eigenvalue weighted by molar-refractivity contribution is -0.122. The quantitative estimate of drug-likeness (QED) is 0.832. The SMILES string of the molecule is Cc1cc(Cl)ccc1OC(C)C(=O)Nc1ccc(F)c(F)c1F. The Bertz CT molecular complexity index is 752. The molecule has 0 aromatic heterocycles. The summed E-state index contributed by atoms with van der Waals surface area (Å²) in [6.07, 6.45) is -0.984. The van der Waals surface area contributed by atoms with E-state index in [1.165, 1.54) is 6.92 Å². The monoisotopic (exact) mass is 343 g/mol. The van der Waals surface area contributed by atoms with Gasteiger partial charge in [-0.2, -0.15) is 0 Å². The number of aryl methyl sites for hydroxylation is 1. The molecule has 0 aliphatic rings. The predicted octanol–water partition coefficient (Wildman–Crippen LogP) is 4.47. The maximum Gasteiger partial charge on any atom is 0.265 e. The van der Waals surface area contributed by atoms with Crippen LogP contribution in [0.15, 0.2) is 30.3 Å². The Morgan fingerprint density at radius 3 is 2.52 bits per heavy atom. The van der Waals surface area contributed by atoms with Crippen LogP contribution in [0.4, 0.5) is 18.9 Å². The highest BCUT2D eigenvalue weighted by Crippen LogP contribution is 2.24. The van der Waals surface area contributed by atoms with Crippen LogP contribution in [-0.4, -0.2) is 12.0 Å². The normalized spacial score (nSPS) is 11.9. The summed E-state index contributed by atoms with van der Waals surface area (Å²) in [6.45, 7) is 3.20. The molecular weight excluding hydrogens is 331 g/mol. The van der Waals surface area contributed by atoms with Crippen molar-refractivity contribution in [2.24, 2.45) is 0 Å². The highest BCUT2D eigenvalue weighted by atomic mass is 35.5. The molecule has 0 aliphatic carbocycles. The van der Waals surface area contributed by atoms with E-state index < -0.39 is 35.2 Å². The van der Waals surface area contributed by atoms with Crippen LogP contribution in [0.3, 0.4) is 0 Å². The number of hydrogen-bond acceptors (Lipinski definition) is 2. The third kappa shape index (κ3) is 3.96. The Kier molecular flexibility index (Phi) is 5.15. The van der Waals surface area contributed by atoms with Crippen molar-refractivity contribution in [1.82, 2.24) is 0 Å². The van der Waals surface area contributed by atoms with E-state index in [4.69, 9.17) is 16.3 Å². The molecule has 122 valence electrons. The molecule has 2 aromatic rings. The highest BCUT2D eigenvalue weighted by Gasteiger charge is 2.20. The summed E-state index contributed by atoms with van der Waals surface area (Å²) in [5.41, 5.74) is 0.258. The van der Waals surface area contributed by atoms with Crippen molar-refractivity contribution in [3.8, 4) is 5.75 Å². The zero-order valence-electron chi connectivity index (χ0n) is 12.3. The molecule has 23 heavy (non-hydrogen) atoms. The summed E-state index contributed by atoms with van der Waals surface area (Å²) >= 11 is 5.83. The summed E-state index contributed by atoms with van der Waals surface area (Å²) in [5.74, 6) is -4.72. The highest BCUT2D eigenvalue weighted by molar-refractivity contribution is 6.30. The molecule has 1 N–H and O–H groups in total. The summed E-state index contributed by atoms with van der Waals surface area (Å²) in [7, 11) is 0. The van der Waals surface area contributed by atoms with Crippen LogP contribution in [0.1, 0.15) is 12.5 Å². The van der Waals surface area contributed by atoms with Crippen LogP contribution >= 0.6 is 11.6 Å². The van der Waals surface area contributed by atoms with Gasteiger partial charge >= 0.3 is 0 Å². The van der Waals surface area contributed by atoms with Gasteiger partial charge in [0.2, 0.25) is 0 Å². The maximum absolute atomic E-state index is 13.5. The molecule has 0 saturated heterocycles. The lowest BCUT2D eigenvalue weighted by Gasteiger charge is -2.16. The lowest BCUT2D eigenvalue weighted by atomic mass is 10.2. The number of carbonyl (C=O) groups is 1. The average molecular weight is 344 g/mol. The van der Waals surface area contributed by atoms with Gasteiger partial charge in [-0.25, -0.2) is 13.2 Å². The zero-order chi connectivity index (χ0) is 17.1. The fourth-order valence-corrected chi connectivity index (χ4v) is 2.07. The molecule has 0 heterocycles. The van der Waals surface area contributed by atoms with Gasteiger partial charge in [-0.05, 0) is 49.7 Å². The van der Waals surface area contributed by atoms with Crippen LogP contribution in [0.2, 0.25) is 5.02 Å². The van der Waals surface area contributed by atoms with E-state index in [0.717, 1.165) is 17.7 Å². The molecule has 7 heteroatoms. The molecular formula is C16H13ClF3NO2. The van der Waals surface area contributed by atoms with Gasteiger partial charge in [0.25, 0.3) is 5.91 Å². The van der Waals surface area contributed by atoms with Gasteiger partial charge in [-0.1, -0.05) is 11.6 Å². The fourth-order valence-electron chi connectivity index (χ4n) is 1.85. The molecule has 3 nitrogen and oxygen atoms in total. The number of halogens is 4. The van der Waals surface area contributed by atoms with Crippen molar-refractivity contribution in [3.63, 3.8) is 0 Å². The first-order valence-electron chi connectivity index (χ1n) is 6.66. The second-order valence-electron chi connectivity index (χ2n) is 4.88. The molecule has 2 aromatic carbocycles. The zero-order valence-corrected chi connectivity index (χ0v) is 13.0. The van der Waals surface area contributed by atoms with Crippen molar-refractivity contribution in [1.29, 1.82) is 0 Å². The number of hydrogen-bond donors (Lipinski definition) is 1. The van der Waals surface area contributed by atoms with Crippen molar-refractivity contribution in [3.05, 3.63) is 58.4 Å². The number of amides is 1. The molecule has 0 spiro atoms. The minimum absolute atomic E-state index is 0.433. The second kappa shape index (κ2) is 6.91. The van der Waals surface area contributed by atoms with E-state index in [9.17, 15) is 18.0 Å². The van der Waals surface area contributed by atoms with Crippen molar-refractivity contribution in [2.45, 2.75) is 20.0 Å². The van der Waals surface area contributed by atoms with Gasteiger partial charge in [0.15, 0.2) is 23.6 Å². The number of carbonyl (C=O) groups excluding carboxylic acids is 1. The number of benzene rings is 2. The van der Waals surface area contributed by atoms with Crippen LogP contribution in [0.5, 0.6) is 5.75 Å². The first-order valence-corrected chi connectivity index (χ1v) is 7.04. The Labute approximate surface area is 136 Å². The second-order valence-corrected chi connectivity index (χ2v) is 5.32.